The van der Waals surface area contributed by atoms with E-state index < -0.39 is 35.4 Å². The van der Waals surface area contributed by atoms with Gasteiger partial charge in [0.15, 0.2) is 6.10 Å². The second-order valence-corrected chi connectivity index (χ2v) is 3.72. The highest BCUT2D eigenvalue weighted by atomic mass is 16.6. The maximum atomic E-state index is 11.1. The van der Waals surface area contributed by atoms with Crippen molar-refractivity contribution in [3.63, 3.8) is 0 Å². The van der Waals surface area contributed by atoms with Crippen LogP contribution in [0.15, 0.2) is 18.2 Å². The average Bonchev–Trinajstić information content (AvgIpc) is 2.43. The molecule has 0 amide bonds. The lowest BCUT2D eigenvalue weighted by atomic mass is 10.0. The summed E-state index contributed by atoms with van der Waals surface area (Å²) in [6.07, 6.45) is -3.50. The molecule has 2 atom stereocenters. The minimum atomic E-state index is -1.84. The van der Waals surface area contributed by atoms with E-state index in [0.717, 1.165) is 13.2 Å². The number of nitro benzene ring substituents is 1. The minimum absolute atomic E-state index is 0.0261. The van der Waals surface area contributed by atoms with Crippen molar-refractivity contribution in [2.75, 3.05) is 7.11 Å². The Morgan fingerprint density at radius 1 is 1.47 bits per heavy atom. The zero-order valence-corrected chi connectivity index (χ0v) is 10.0. The molecule has 0 bridgehead atoms. The SMILES string of the molecule is COC(=O)C(O)C(O)c1ccc(CO)c([N+](=O)[O-])c1. The van der Waals surface area contributed by atoms with Crippen molar-refractivity contribution in [2.45, 2.75) is 18.8 Å². The molecule has 0 spiro atoms. The smallest absolute Gasteiger partial charge is 0.337 e. The molecule has 1 rings (SSSR count). The Labute approximate surface area is 108 Å². The van der Waals surface area contributed by atoms with Gasteiger partial charge in [-0.05, 0) is 11.6 Å². The monoisotopic (exact) mass is 271 g/mol. The maximum Gasteiger partial charge on any atom is 0.337 e. The van der Waals surface area contributed by atoms with Gasteiger partial charge in [0, 0.05) is 6.07 Å². The largest absolute Gasteiger partial charge is 0.467 e. The molecular formula is C11H13NO7. The average molecular weight is 271 g/mol. The summed E-state index contributed by atoms with van der Waals surface area (Å²) < 4.78 is 4.25. The molecule has 104 valence electrons. The van der Waals surface area contributed by atoms with Crippen LogP contribution in [0.25, 0.3) is 0 Å². The number of aliphatic hydroxyl groups is 3. The van der Waals surface area contributed by atoms with Crippen LogP contribution in [0.3, 0.4) is 0 Å². The van der Waals surface area contributed by atoms with Gasteiger partial charge in [0.25, 0.3) is 5.69 Å². The van der Waals surface area contributed by atoms with Crippen LogP contribution in [0.4, 0.5) is 5.69 Å². The van der Waals surface area contributed by atoms with E-state index in [-0.39, 0.29) is 11.1 Å². The number of hydrogen-bond donors (Lipinski definition) is 3. The van der Waals surface area contributed by atoms with Crippen LogP contribution >= 0.6 is 0 Å². The molecule has 0 aliphatic heterocycles. The van der Waals surface area contributed by atoms with Gasteiger partial charge in [0.1, 0.15) is 6.10 Å². The van der Waals surface area contributed by atoms with Crippen molar-refractivity contribution in [1.29, 1.82) is 0 Å². The van der Waals surface area contributed by atoms with Crippen molar-refractivity contribution in [3.8, 4) is 0 Å². The zero-order chi connectivity index (χ0) is 14.6. The van der Waals surface area contributed by atoms with E-state index in [1.807, 2.05) is 0 Å². The number of methoxy groups -OCH3 is 1. The second-order valence-electron chi connectivity index (χ2n) is 3.72. The van der Waals surface area contributed by atoms with E-state index in [9.17, 15) is 25.1 Å². The first-order chi connectivity index (χ1) is 8.92. The molecule has 1 aromatic rings. The third-order valence-corrected chi connectivity index (χ3v) is 2.56. The molecule has 8 nitrogen and oxygen atoms in total. The zero-order valence-electron chi connectivity index (χ0n) is 10.0. The second kappa shape index (κ2) is 6.23. The van der Waals surface area contributed by atoms with Crippen LogP contribution in [0.2, 0.25) is 0 Å². The van der Waals surface area contributed by atoms with E-state index >= 15 is 0 Å². The molecule has 0 aromatic heterocycles. The Kier molecular flexibility index (Phi) is 4.93. The van der Waals surface area contributed by atoms with E-state index in [2.05, 4.69) is 4.74 Å². The molecule has 8 heteroatoms. The lowest BCUT2D eigenvalue weighted by Gasteiger charge is -2.16. The van der Waals surface area contributed by atoms with Crippen molar-refractivity contribution in [3.05, 3.63) is 39.4 Å². The predicted octanol–water partition coefficient (Wildman–Crippen LogP) is -0.346. The third kappa shape index (κ3) is 3.25. The van der Waals surface area contributed by atoms with Crippen molar-refractivity contribution >= 4 is 11.7 Å². The molecule has 2 unspecified atom stereocenters. The highest BCUT2D eigenvalue weighted by Crippen LogP contribution is 2.26. The fourth-order valence-corrected chi connectivity index (χ4v) is 1.50. The third-order valence-electron chi connectivity index (χ3n) is 2.56. The topological polar surface area (TPSA) is 130 Å². The summed E-state index contributed by atoms with van der Waals surface area (Å²) in [5, 5.41) is 38.9. The molecule has 0 saturated carbocycles. The predicted molar refractivity (Wildman–Crippen MR) is 62.0 cm³/mol. The Morgan fingerprint density at radius 3 is 2.58 bits per heavy atom. The number of rotatable bonds is 5. The van der Waals surface area contributed by atoms with Crippen molar-refractivity contribution in [2.24, 2.45) is 0 Å². The van der Waals surface area contributed by atoms with Gasteiger partial charge >= 0.3 is 5.97 Å². The number of nitro groups is 1. The van der Waals surface area contributed by atoms with E-state index in [0.29, 0.717) is 0 Å². The summed E-state index contributed by atoms with van der Waals surface area (Å²) in [7, 11) is 1.04. The Hall–Kier alpha value is -2.03. The molecule has 0 aliphatic rings. The van der Waals surface area contributed by atoms with Gasteiger partial charge < -0.3 is 20.1 Å². The number of carbonyl (C=O) groups excluding carboxylic acids is 1. The van der Waals surface area contributed by atoms with Crippen LogP contribution in [0, 0.1) is 10.1 Å². The number of aliphatic hydroxyl groups excluding tert-OH is 3. The molecule has 0 heterocycles. The summed E-state index contributed by atoms with van der Waals surface area (Å²) in [5.41, 5.74) is -0.369. The first kappa shape index (κ1) is 15.0. The fourth-order valence-electron chi connectivity index (χ4n) is 1.50. The minimum Gasteiger partial charge on any atom is -0.467 e. The summed E-state index contributed by atoms with van der Waals surface area (Å²) in [5.74, 6) is -1.05. The summed E-state index contributed by atoms with van der Waals surface area (Å²) in [6.45, 7) is -0.535. The normalized spacial score (nSPS) is 13.7. The van der Waals surface area contributed by atoms with Gasteiger partial charge in [-0.25, -0.2) is 4.79 Å². The molecule has 0 fully saturated rings. The fraction of sp³-hybridized carbons (Fsp3) is 0.364. The standard InChI is InChI=1S/C11H13NO7/c1-19-11(16)10(15)9(14)6-2-3-7(5-13)8(4-6)12(17)18/h2-4,9-10,13-15H,5H2,1H3. The van der Waals surface area contributed by atoms with Gasteiger partial charge in [0.05, 0.1) is 24.2 Å². The molecule has 3 N–H and O–H groups in total. The Bertz CT molecular complexity index is 488. The van der Waals surface area contributed by atoms with Crippen molar-refractivity contribution < 1.29 is 29.8 Å². The number of carbonyl (C=O) groups is 1. The van der Waals surface area contributed by atoms with Crippen LogP contribution in [0.1, 0.15) is 17.2 Å². The maximum absolute atomic E-state index is 11.1. The molecule has 0 saturated heterocycles. The summed E-state index contributed by atoms with van der Waals surface area (Å²) >= 11 is 0. The van der Waals surface area contributed by atoms with Crippen LogP contribution in [-0.2, 0) is 16.1 Å². The first-order valence-corrected chi connectivity index (χ1v) is 5.24. The molecule has 0 aliphatic carbocycles. The lowest BCUT2D eigenvalue weighted by molar-refractivity contribution is -0.386. The Morgan fingerprint density at radius 2 is 2.11 bits per heavy atom. The van der Waals surface area contributed by atoms with Gasteiger partial charge in [-0.3, -0.25) is 10.1 Å². The summed E-state index contributed by atoms with van der Waals surface area (Å²) in [4.78, 5) is 21.1. The van der Waals surface area contributed by atoms with Crippen LogP contribution in [-0.4, -0.2) is 39.4 Å². The molecule has 0 radical (unpaired) electrons. The van der Waals surface area contributed by atoms with Crippen LogP contribution in [0.5, 0.6) is 0 Å². The quantitative estimate of drug-likeness (QED) is 0.379. The summed E-state index contributed by atoms with van der Waals surface area (Å²) in [6, 6.07) is 3.50. The number of benzene rings is 1. The number of nitrogens with zero attached hydrogens (tertiary/aromatic N) is 1. The van der Waals surface area contributed by atoms with E-state index in [4.69, 9.17) is 5.11 Å². The Balaban J connectivity index is 3.11. The van der Waals surface area contributed by atoms with Gasteiger partial charge in [-0.1, -0.05) is 6.07 Å². The van der Waals surface area contributed by atoms with Crippen molar-refractivity contribution in [1.82, 2.24) is 0 Å². The van der Waals surface area contributed by atoms with Gasteiger partial charge in [0.2, 0.25) is 0 Å². The number of hydrogen-bond acceptors (Lipinski definition) is 7. The first-order valence-electron chi connectivity index (χ1n) is 5.24. The van der Waals surface area contributed by atoms with Gasteiger partial charge in [-0.2, -0.15) is 0 Å². The molecule has 1 aromatic carbocycles. The van der Waals surface area contributed by atoms with E-state index in [1.165, 1.54) is 12.1 Å². The molecular weight excluding hydrogens is 258 g/mol. The van der Waals surface area contributed by atoms with Gasteiger partial charge in [-0.15, -0.1) is 0 Å². The lowest BCUT2D eigenvalue weighted by Crippen LogP contribution is -2.29. The van der Waals surface area contributed by atoms with E-state index in [1.54, 1.807) is 0 Å². The molecule has 19 heavy (non-hydrogen) atoms. The number of esters is 1. The van der Waals surface area contributed by atoms with Crippen LogP contribution < -0.4 is 0 Å². The highest BCUT2D eigenvalue weighted by molar-refractivity contribution is 5.75. The highest BCUT2D eigenvalue weighted by Gasteiger charge is 2.28. The number of ether oxygens (including phenoxy) is 1.